The summed E-state index contributed by atoms with van der Waals surface area (Å²) in [6.07, 6.45) is 4.04. The third-order valence-corrected chi connectivity index (χ3v) is 4.82. The number of rotatable bonds is 4. The van der Waals surface area contributed by atoms with Crippen molar-refractivity contribution in [2.75, 3.05) is 44.2 Å². The quantitative estimate of drug-likeness (QED) is 0.812. The number of anilines is 1. The van der Waals surface area contributed by atoms with Crippen LogP contribution in [0.25, 0.3) is 0 Å². The molecule has 25 heavy (non-hydrogen) atoms. The highest BCUT2D eigenvalue weighted by molar-refractivity contribution is 5.85. The Morgan fingerprint density at radius 1 is 1.28 bits per heavy atom. The smallest absolute Gasteiger partial charge is 0.234 e. The number of piperidine rings is 1. The molecule has 142 valence electrons. The lowest BCUT2D eigenvalue weighted by Crippen LogP contribution is -2.55. The van der Waals surface area contributed by atoms with Crippen LogP contribution in [0.3, 0.4) is 0 Å². The highest BCUT2D eigenvalue weighted by Gasteiger charge is 2.24. The molecule has 0 spiro atoms. The third-order valence-electron chi connectivity index (χ3n) is 4.82. The minimum absolute atomic E-state index is 0. The van der Waals surface area contributed by atoms with E-state index in [9.17, 15) is 4.79 Å². The van der Waals surface area contributed by atoms with Gasteiger partial charge < -0.3 is 15.5 Å². The molecular formula is C17H29Cl2N5O. The van der Waals surface area contributed by atoms with E-state index in [1.54, 1.807) is 0 Å². The Kier molecular flexibility index (Phi) is 9.50. The molecule has 0 saturated carbocycles. The number of aromatic nitrogens is 1. The van der Waals surface area contributed by atoms with Gasteiger partial charge >= 0.3 is 0 Å². The second-order valence-corrected chi connectivity index (χ2v) is 6.51. The SMILES string of the molecule is CC1NCCCC1NC(=O)CN1CCN(c2ccccn2)CC1.Cl.Cl. The van der Waals surface area contributed by atoms with E-state index in [4.69, 9.17) is 0 Å². The van der Waals surface area contributed by atoms with E-state index < -0.39 is 0 Å². The molecule has 2 fully saturated rings. The van der Waals surface area contributed by atoms with Crippen molar-refractivity contribution in [2.24, 2.45) is 0 Å². The molecule has 1 aromatic heterocycles. The van der Waals surface area contributed by atoms with E-state index in [1.807, 2.05) is 24.4 Å². The number of amides is 1. The molecule has 0 radical (unpaired) electrons. The molecule has 2 unspecified atom stereocenters. The van der Waals surface area contributed by atoms with Crippen LogP contribution < -0.4 is 15.5 Å². The van der Waals surface area contributed by atoms with Crippen LogP contribution >= 0.6 is 24.8 Å². The molecule has 3 heterocycles. The average Bonchev–Trinajstić information content (AvgIpc) is 2.58. The van der Waals surface area contributed by atoms with Crippen molar-refractivity contribution in [2.45, 2.75) is 31.8 Å². The predicted molar refractivity (Wildman–Crippen MR) is 106 cm³/mol. The van der Waals surface area contributed by atoms with Crippen LogP contribution in [-0.2, 0) is 4.79 Å². The first kappa shape index (κ1) is 22.0. The largest absolute Gasteiger partial charge is 0.354 e. The van der Waals surface area contributed by atoms with Gasteiger partial charge in [0, 0.05) is 44.5 Å². The number of nitrogens with one attached hydrogen (secondary N) is 2. The number of piperazine rings is 1. The van der Waals surface area contributed by atoms with Crippen LogP contribution in [0.2, 0.25) is 0 Å². The first-order valence-electron chi connectivity index (χ1n) is 8.63. The maximum atomic E-state index is 12.3. The number of nitrogens with zero attached hydrogens (tertiary/aromatic N) is 3. The van der Waals surface area contributed by atoms with Gasteiger partial charge in [0.1, 0.15) is 5.82 Å². The van der Waals surface area contributed by atoms with Gasteiger partial charge in [-0.05, 0) is 38.4 Å². The number of hydrogen-bond acceptors (Lipinski definition) is 5. The van der Waals surface area contributed by atoms with Crippen molar-refractivity contribution in [1.29, 1.82) is 0 Å². The molecule has 8 heteroatoms. The lowest BCUT2D eigenvalue weighted by molar-refractivity contribution is -0.123. The van der Waals surface area contributed by atoms with E-state index in [1.165, 1.54) is 0 Å². The first-order valence-corrected chi connectivity index (χ1v) is 8.63. The van der Waals surface area contributed by atoms with Crippen molar-refractivity contribution in [1.82, 2.24) is 20.5 Å². The summed E-state index contributed by atoms with van der Waals surface area (Å²) >= 11 is 0. The van der Waals surface area contributed by atoms with Crippen LogP contribution in [0.4, 0.5) is 5.82 Å². The van der Waals surface area contributed by atoms with E-state index in [0.717, 1.165) is 51.4 Å². The zero-order valence-electron chi connectivity index (χ0n) is 14.7. The number of pyridine rings is 1. The molecule has 0 bridgehead atoms. The zero-order valence-corrected chi connectivity index (χ0v) is 16.3. The summed E-state index contributed by atoms with van der Waals surface area (Å²) < 4.78 is 0. The van der Waals surface area contributed by atoms with Crippen LogP contribution in [0.15, 0.2) is 24.4 Å². The lowest BCUT2D eigenvalue weighted by Gasteiger charge is -2.36. The summed E-state index contributed by atoms with van der Waals surface area (Å²) in [4.78, 5) is 21.2. The Morgan fingerprint density at radius 3 is 2.68 bits per heavy atom. The molecule has 2 aliphatic rings. The topological polar surface area (TPSA) is 60.5 Å². The van der Waals surface area contributed by atoms with E-state index >= 15 is 0 Å². The van der Waals surface area contributed by atoms with Gasteiger partial charge in [-0.1, -0.05) is 6.07 Å². The molecule has 2 atom stereocenters. The van der Waals surface area contributed by atoms with E-state index in [0.29, 0.717) is 12.6 Å². The molecule has 0 aliphatic carbocycles. The van der Waals surface area contributed by atoms with Crippen LogP contribution in [-0.4, -0.2) is 67.1 Å². The zero-order chi connectivity index (χ0) is 16.1. The average molecular weight is 390 g/mol. The van der Waals surface area contributed by atoms with Crippen LogP contribution in [0.5, 0.6) is 0 Å². The molecule has 2 N–H and O–H groups in total. The summed E-state index contributed by atoms with van der Waals surface area (Å²) in [6.45, 7) is 7.36. The molecule has 1 amide bonds. The highest BCUT2D eigenvalue weighted by Crippen LogP contribution is 2.12. The molecule has 3 rings (SSSR count). The normalized spacial score (nSPS) is 24.0. The molecular weight excluding hydrogens is 361 g/mol. The molecule has 0 aromatic carbocycles. The minimum atomic E-state index is 0. The Balaban J connectivity index is 0.00000156. The third kappa shape index (κ3) is 6.29. The fourth-order valence-electron chi connectivity index (χ4n) is 3.37. The summed E-state index contributed by atoms with van der Waals surface area (Å²) in [5, 5.41) is 6.61. The van der Waals surface area contributed by atoms with E-state index in [2.05, 4.69) is 32.3 Å². The van der Waals surface area contributed by atoms with Gasteiger partial charge in [-0.15, -0.1) is 24.8 Å². The number of hydrogen-bond donors (Lipinski definition) is 2. The van der Waals surface area contributed by atoms with Crippen molar-refractivity contribution in [3.63, 3.8) is 0 Å². The summed E-state index contributed by atoms with van der Waals surface area (Å²) in [7, 11) is 0. The monoisotopic (exact) mass is 389 g/mol. The first-order chi connectivity index (χ1) is 11.2. The minimum Gasteiger partial charge on any atom is -0.354 e. The van der Waals surface area contributed by atoms with Crippen molar-refractivity contribution in [3.05, 3.63) is 24.4 Å². The summed E-state index contributed by atoms with van der Waals surface area (Å²) in [5.74, 6) is 1.18. The van der Waals surface area contributed by atoms with Crippen LogP contribution in [0, 0.1) is 0 Å². The fourth-order valence-corrected chi connectivity index (χ4v) is 3.37. The number of carbonyl (C=O) groups is 1. The lowest BCUT2D eigenvalue weighted by atomic mass is 10.00. The van der Waals surface area contributed by atoms with Crippen LogP contribution in [0.1, 0.15) is 19.8 Å². The summed E-state index contributed by atoms with van der Waals surface area (Å²) in [6, 6.07) is 6.63. The molecule has 2 aliphatic heterocycles. The van der Waals surface area contributed by atoms with Gasteiger partial charge in [0.05, 0.1) is 6.54 Å². The van der Waals surface area contributed by atoms with Gasteiger partial charge in [0.2, 0.25) is 5.91 Å². The molecule has 2 saturated heterocycles. The van der Waals surface area contributed by atoms with Crippen molar-refractivity contribution < 1.29 is 4.79 Å². The number of carbonyl (C=O) groups excluding carboxylic acids is 1. The molecule has 6 nitrogen and oxygen atoms in total. The fraction of sp³-hybridized carbons (Fsp3) is 0.647. The van der Waals surface area contributed by atoms with E-state index in [-0.39, 0.29) is 36.8 Å². The van der Waals surface area contributed by atoms with Gasteiger partial charge in [0.25, 0.3) is 0 Å². The maximum absolute atomic E-state index is 12.3. The van der Waals surface area contributed by atoms with Crippen molar-refractivity contribution in [3.8, 4) is 0 Å². The summed E-state index contributed by atoms with van der Waals surface area (Å²) in [5.41, 5.74) is 0. The van der Waals surface area contributed by atoms with Gasteiger partial charge in [-0.3, -0.25) is 9.69 Å². The Bertz CT molecular complexity index is 511. The van der Waals surface area contributed by atoms with Gasteiger partial charge in [-0.2, -0.15) is 0 Å². The van der Waals surface area contributed by atoms with Gasteiger partial charge in [0.15, 0.2) is 0 Å². The predicted octanol–water partition coefficient (Wildman–Crippen LogP) is 1.30. The Labute approximate surface area is 162 Å². The maximum Gasteiger partial charge on any atom is 0.234 e. The number of halogens is 2. The second-order valence-electron chi connectivity index (χ2n) is 6.51. The highest BCUT2D eigenvalue weighted by atomic mass is 35.5. The second kappa shape index (κ2) is 10.8. The van der Waals surface area contributed by atoms with Gasteiger partial charge in [-0.25, -0.2) is 4.98 Å². The van der Waals surface area contributed by atoms with Crippen molar-refractivity contribution >= 4 is 36.5 Å². The Hall–Kier alpha value is -1.08. The molecule has 1 aromatic rings. The standard InChI is InChI=1S/C17H27N5O.2ClH/c1-14-15(5-4-8-18-14)20-17(23)13-21-9-11-22(12-10-21)16-6-2-3-7-19-16;;/h2-3,6-7,14-15,18H,4-5,8-13H2,1H3,(H,20,23);2*1H. The Morgan fingerprint density at radius 2 is 2.04 bits per heavy atom.